The molecular weight excluding hydrogens is 244 g/mol. The van der Waals surface area contributed by atoms with Gasteiger partial charge in [0.15, 0.2) is 0 Å². The molecule has 2 heterocycles. The number of aromatic nitrogens is 2. The zero-order valence-corrected chi connectivity index (χ0v) is 10.3. The first-order chi connectivity index (χ1) is 9.20. The highest BCUT2D eigenvalue weighted by atomic mass is 16.3. The fourth-order valence-electron chi connectivity index (χ4n) is 2.08. The minimum atomic E-state index is -0.139. The number of phenolic OH excluding ortho intramolecular Hbond substituents is 1. The van der Waals surface area contributed by atoms with Crippen LogP contribution in [-0.4, -0.2) is 15.1 Å². The van der Waals surface area contributed by atoms with Gasteiger partial charge in [0.05, 0.1) is 29.2 Å². The number of aromatic amines is 1. The summed E-state index contributed by atoms with van der Waals surface area (Å²) in [7, 11) is 0. The van der Waals surface area contributed by atoms with Gasteiger partial charge < -0.3 is 14.5 Å². The van der Waals surface area contributed by atoms with Crippen molar-refractivity contribution in [3.63, 3.8) is 0 Å². The van der Waals surface area contributed by atoms with E-state index in [0.717, 1.165) is 5.56 Å². The number of fused-ring (bicyclic) bond motifs is 1. The second-order valence-corrected chi connectivity index (χ2v) is 4.27. The lowest BCUT2D eigenvalue weighted by atomic mass is 10.1. The molecule has 0 saturated carbocycles. The van der Waals surface area contributed by atoms with Crippen LogP contribution in [-0.2, 0) is 6.42 Å². The van der Waals surface area contributed by atoms with Crippen molar-refractivity contribution in [1.82, 2.24) is 9.97 Å². The maximum atomic E-state index is 12.4. The Balaban J connectivity index is 2.33. The molecule has 2 aromatic heterocycles. The van der Waals surface area contributed by atoms with Gasteiger partial charge in [0.25, 0.3) is 0 Å². The van der Waals surface area contributed by atoms with Crippen LogP contribution in [0.15, 0.2) is 40.1 Å². The zero-order chi connectivity index (χ0) is 13.4. The molecular formula is C14H12N2O3. The Morgan fingerprint density at radius 3 is 2.95 bits per heavy atom. The number of hydrogen-bond acceptors (Lipinski definition) is 4. The number of benzene rings is 1. The van der Waals surface area contributed by atoms with Gasteiger partial charge in [-0.1, -0.05) is 6.92 Å². The quantitative estimate of drug-likeness (QED) is 0.738. The summed E-state index contributed by atoms with van der Waals surface area (Å²) in [6.45, 7) is 1.92. The first kappa shape index (κ1) is 11.5. The van der Waals surface area contributed by atoms with Crippen molar-refractivity contribution in [3.05, 3.63) is 46.7 Å². The zero-order valence-electron chi connectivity index (χ0n) is 10.3. The van der Waals surface area contributed by atoms with E-state index in [4.69, 9.17) is 4.42 Å². The second-order valence-electron chi connectivity index (χ2n) is 4.27. The Hall–Kier alpha value is -2.56. The van der Waals surface area contributed by atoms with Crippen LogP contribution in [0.25, 0.3) is 22.2 Å². The van der Waals surface area contributed by atoms with Gasteiger partial charge in [-0.25, -0.2) is 4.98 Å². The van der Waals surface area contributed by atoms with Gasteiger partial charge in [-0.05, 0) is 18.1 Å². The molecule has 5 heteroatoms. The van der Waals surface area contributed by atoms with E-state index in [0.29, 0.717) is 28.6 Å². The first-order valence-corrected chi connectivity index (χ1v) is 5.97. The topological polar surface area (TPSA) is 79.1 Å². The van der Waals surface area contributed by atoms with Crippen LogP contribution in [0.5, 0.6) is 5.75 Å². The summed E-state index contributed by atoms with van der Waals surface area (Å²) in [6.07, 6.45) is 5.10. The number of hydrogen-bond donors (Lipinski definition) is 2. The average Bonchev–Trinajstić information content (AvgIpc) is 2.92. The Morgan fingerprint density at radius 2 is 2.26 bits per heavy atom. The van der Waals surface area contributed by atoms with Crippen molar-refractivity contribution in [2.45, 2.75) is 13.3 Å². The van der Waals surface area contributed by atoms with E-state index in [2.05, 4.69) is 9.97 Å². The summed E-state index contributed by atoms with van der Waals surface area (Å²) < 4.78 is 5.42. The van der Waals surface area contributed by atoms with Crippen LogP contribution < -0.4 is 5.43 Å². The van der Waals surface area contributed by atoms with Gasteiger partial charge in [-0.2, -0.15) is 0 Å². The number of aromatic hydroxyl groups is 1. The molecule has 1 aromatic carbocycles. The monoisotopic (exact) mass is 256 g/mol. The number of nitrogens with zero attached hydrogens (tertiary/aromatic N) is 1. The molecule has 19 heavy (non-hydrogen) atoms. The van der Waals surface area contributed by atoms with Crippen molar-refractivity contribution in [2.24, 2.45) is 0 Å². The van der Waals surface area contributed by atoms with E-state index < -0.39 is 0 Å². The molecule has 0 aliphatic rings. The molecule has 3 aromatic rings. The summed E-state index contributed by atoms with van der Waals surface area (Å²) in [5.41, 5.74) is 2.00. The van der Waals surface area contributed by atoms with Crippen molar-refractivity contribution < 1.29 is 9.52 Å². The molecule has 0 bridgehead atoms. The van der Waals surface area contributed by atoms with Crippen molar-refractivity contribution >= 4 is 11.0 Å². The summed E-state index contributed by atoms with van der Waals surface area (Å²) in [5, 5.41) is 10.2. The number of H-pyrrole nitrogens is 1. The summed E-state index contributed by atoms with van der Waals surface area (Å²) >= 11 is 0. The molecule has 0 radical (unpaired) electrons. The standard InChI is InChI=1S/C14H12N2O3/c1-2-8-3-9-13(4-12(8)17)19-6-10(14(9)18)11-5-15-7-16-11/h3-7,17H,2H2,1H3,(H,15,16). The number of nitrogens with one attached hydrogen (secondary N) is 1. The molecule has 0 saturated heterocycles. The first-order valence-electron chi connectivity index (χ1n) is 5.97. The minimum Gasteiger partial charge on any atom is -0.508 e. The Labute approximate surface area is 108 Å². The van der Waals surface area contributed by atoms with Gasteiger partial charge in [0.2, 0.25) is 5.43 Å². The van der Waals surface area contributed by atoms with E-state index >= 15 is 0 Å². The molecule has 0 fully saturated rings. The highest BCUT2D eigenvalue weighted by Gasteiger charge is 2.12. The summed E-state index contributed by atoms with van der Waals surface area (Å²) in [6, 6.07) is 3.16. The predicted octanol–water partition coefficient (Wildman–Crippen LogP) is 2.45. The Morgan fingerprint density at radius 1 is 1.42 bits per heavy atom. The molecule has 0 spiro atoms. The lowest BCUT2D eigenvalue weighted by Crippen LogP contribution is -2.05. The Bertz CT molecular complexity index is 788. The van der Waals surface area contributed by atoms with Crippen LogP contribution in [0.2, 0.25) is 0 Å². The molecule has 5 nitrogen and oxygen atoms in total. The fourth-order valence-corrected chi connectivity index (χ4v) is 2.08. The maximum absolute atomic E-state index is 12.4. The van der Waals surface area contributed by atoms with Crippen LogP contribution >= 0.6 is 0 Å². The molecule has 2 N–H and O–H groups in total. The SMILES string of the molecule is CCc1cc2c(=O)c(-c3cnc[nH]3)coc2cc1O. The lowest BCUT2D eigenvalue weighted by molar-refractivity contribution is 0.467. The molecule has 3 rings (SSSR count). The Kier molecular flexibility index (Phi) is 2.59. The smallest absolute Gasteiger partial charge is 0.202 e. The summed E-state index contributed by atoms with van der Waals surface area (Å²) in [4.78, 5) is 19.2. The third kappa shape index (κ3) is 1.79. The number of imidazole rings is 1. The van der Waals surface area contributed by atoms with Crippen LogP contribution in [0.3, 0.4) is 0 Å². The minimum absolute atomic E-state index is 0.139. The van der Waals surface area contributed by atoms with Crippen LogP contribution in [0, 0.1) is 0 Å². The van der Waals surface area contributed by atoms with Gasteiger partial charge in [0, 0.05) is 6.07 Å². The number of rotatable bonds is 2. The predicted molar refractivity (Wildman–Crippen MR) is 71.1 cm³/mol. The van der Waals surface area contributed by atoms with Crippen molar-refractivity contribution in [3.8, 4) is 17.0 Å². The average molecular weight is 256 g/mol. The maximum Gasteiger partial charge on any atom is 0.202 e. The van der Waals surface area contributed by atoms with E-state index in [1.807, 2.05) is 6.92 Å². The van der Waals surface area contributed by atoms with Crippen molar-refractivity contribution in [1.29, 1.82) is 0 Å². The fraction of sp³-hybridized carbons (Fsp3) is 0.143. The van der Waals surface area contributed by atoms with Crippen LogP contribution in [0.1, 0.15) is 12.5 Å². The summed E-state index contributed by atoms with van der Waals surface area (Å²) in [5.74, 6) is 0.146. The van der Waals surface area contributed by atoms with Gasteiger partial charge >= 0.3 is 0 Å². The van der Waals surface area contributed by atoms with Gasteiger partial charge in [-0.15, -0.1) is 0 Å². The number of aryl methyl sites for hydroxylation is 1. The third-order valence-corrected chi connectivity index (χ3v) is 3.14. The van der Waals surface area contributed by atoms with E-state index in [9.17, 15) is 9.90 Å². The van der Waals surface area contributed by atoms with E-state index in [1.54, 1.807) is 12.3 Å². The van der Waals surface area contributed by atoms with E-state index in [-0.39, 0.29) is 11.2 Å². The molecule has 0 amide bonds. The van der Waals surface area contributed by atoms with Crippen LogP contribution in [0.4, 0.5) is 0 Å². The van der Waals surface area contributed by atoms with Gasteiger partial charge in [-0.3, -0.25) is 4.79 Å². The van der Waals surface area contributed by atoms with E-state index in [1.165, 1.54) is 18.7 Å². The second kappa shape index (κ2) is 4.28. The molecule has 0 aliphatic heterocycles. The molecule has 0 atom stereocenters. The molecule has 0 unspecified atom stereocenters. The lowest BCUT2D eigenvalue weighted by Gasteiger charge is -2.05. The highest BCUT2D eigenvalue weighted by molar-refractivity contribution is 5.83. The highest BCUT2D eigenvalue weighted by Crippen LogP contribution is 2.25. The van der Waals surface area contributed by atoms with Gasteiger partial charge in [0.1, 0.15) is 17.6 Å². The third-order valence-electron chi connectivity index (χ3n) is 3.14. The molecule has 96 valence electrons. The number of phenols is 1. The normalized spacial score (nSPS) is 11.0. The van der Waals surface area contributed by atoms with Crippen molar-refractivity contribution in [2.75, 3.05) is 0 Å². The molecule has 0 aliphatic carbocycles. The largest absolute Gasteiger partial charge is 0.508 e.